The maximum atomic E-state index is 4.33. The maximum Gasteiger partial charge on any atom is 0.138 e. The molecule has 0 saturated heterocycles. The highest BCUT2D eigenvalue weighted by atomic mass is 15.3. The summed E-state index contributed by atoms with van der Waals surface area (Å²) in [6.45, 7) is 9.72. The van der Waals surface area contributed by atoms with Crippen molar-refractivity contribution in [3.05, 3.63) is 12.2 Å². The van der Waals surface area contributed by atoms with Crippen LogP contribution in [0.3, 0.4) is 0 Å². The molecule has 0 saturated carbocycles. The molecule has 0 aliphatic rings. The van der Waals surface area contributed by atoms with Gasteiger partial charge in [-0.1, -0.05) is 13.8 Å². The number of hydrogen-bond donors (Lipinski definition) is 1. The fourth-order valence-corrected chi connectivity index (χ4v) is 1.80. The van der Waals surface area contributed by atoms with E-state index in [2.05, 4.69) is 43.1 Å². The summed E-state index contributed by atoms with van der Waals surface area (Å²) in [6, 6.07) is 0.382. The van der Waals surface area contributed by atoms with Gasteiger partial charge in [-0.15, -0.1) is 0 Å². The molecule has 0 unspecified atom stereocenters. The molecule has 86 valence electrons. The largest absolute Gasteiger partial charge is 0.319 e. The van der Waals surface area contributed by atoms with Gasteiger partial charge in [0.15, 0.2) is 0 Å². The highest BCUT2D eigenvalue weighted by Crippen LogP contribution is 2.20. The Labute approximate surface area is 92.1 Å². The van der Waals surface area contributed by atoms with E-state index >= 15 is 0 Å². The Bertz CT molecular complexity index is 301. The van der Waals surface area contributed by atoms with E-state index < -0.39 is 0 Å². The van der Waals surface area contributed by atoms with Crippen LogP contribution in [0.5, 0.6) is 0 Å². The standard InChI is InChI=1S/C11H22N4/c1-9(2)15-10(13-8-14-15)6-11(3,4)7-12-5/h8-9,12H,6-7H2,1-5H3. The molecule has 0 aliphatic heterocycles. The van der Waals surface area contributed by atoms with Crippen molar-refractivity contribution in [3.8, 4) is 0 Å². The van der Waals surface area contributed by atoms with Crippen molar-refractivity contribution in [1.82, 2.24) is 20.1 Å². The lowest BCUT2D eigenvalue weighted by atomic mass is 9.89. The lowest BCUT2D eigenvalue weighted by Gasteiger charge is -2.24. The van der Waals surface area contributed by atoms with Gasteiger partial charge in [0.05, 0.1) is 0 Å². The van der Waals surface area contributed by atoms with Crippen LogP contribution in [0.1, 0.15) is 39.6 Å². The Morgan fingerprint density at radius 2 is 2.13 bits per heavy atom. The summed E-state index contributed by atoms with van der Waals surface area (Å²) in [5.41, 5.74) is 0.217. The second-order valence-electron chi connectivity index (χ2n) is 5.09. The Kier molecular flexibility index (Phi) is 3.85. The first-order chi connectivity index (χ1) is 6.96. The third-order valence-electron chi connectivity index (χ3n) is 2.43. The molecule has 1 aromatic rings. The van der Waals surface area contributed by atoms with Gasteiger partial charge in [0.25, 0.3) is 0 Å². The van der Waals surface area contributed by atoms with Crippen LogP contribution in [-0.2, 0) is 6.42 Å². The smallest absolute Gasteiger partial charge is 0.138 e. The third kappa shape index (κ3) is 3.30. The van der Waals surface area contributed by atoms with Gasteiger partial charge in [0.1, 0.15) is 12.2 Å². The van der Waals surface area contributed by atoms with Gasteiger partial charge in [0, 0.05) is 19.0 Å². The van der Waals surface area contributed by atoms with Crippen LogP contribution in [0.4, 0.5) is 0 Å². The Hall–Kier alpha value is -0.900. The zero-order chi connectivity index (χ0) is 11.5. The minimum absolute atomic E-state index is 0.217. The van der Waals surface area contributed by atoms with E-state index in [1.165, 1.54) is 0 Å². The fraction of sp³-hybridized carbons (Fsp3) is 0.818. The first kappa shape index (κ1) is 12.2. The van der Waals surface area contributed by atoms with Crippen molar-refractivity contribution in [2.45, 2.75) is 40.2 Å². The van der Waals surface area contributed by atoms with Crippen LogP contribution in [0.25, 0.3) is 0 Å². The van der Waals surface area contributed by atoms with Crippen LogP contribution >= 0.6 is 0 Å². The first-order valence-corrected chi connectivity index (χ1v) is 5.49. The van der Waals surface area contributed by atoms with Gasteiger partial charge in [-0.3, -0.25) is 0 Å². The summed E-state index contributed by atoms with van der Waals surface area (Å²) in [6.07, 6.45) is 2.59. The number of nitrogens with one attached hydrogen (secondary N) is 1. The Balaban J connectivity index is 2.75. The molecule has 0 atom stereocenters. The summed E-state index contributed by atoms with van der Waals surface area (Å²) in [5, 5.41) is 7.46. The molecule has 1 heterocycles. The molecule has 4 nitrogen and oxygen atoms in total. The van der Waals surface area contributed by atoms with Gasteiger partial charge >= 0.3 is 0 Å². The zero-order valence-corrected chi connectivity index (χ0v) is 10.4. The van der Waals surface area contributed by atoms with Gasteiger partial charge in [-0.05, 0) is 26.3 Å². The van der Waals surface area contributed by atoms with Crippen LogP contribution in [0.2, 0.25) is 0 Å². The van der Waals surface area contributed by atoms with Gasteiger partial charge in [-0.25, -0.2) is 9.67 Å². The molecule has 4 heteroatoms. The van der Waals surface area contributed by atoms with E-state index in [9.17, 15) is 0 Å². The monoisotopic (exact) mass is 210 g/mol. The molecule has 15 heavy (non-hydrogen) atoms. The van der Waals surface area contributed by atoms with E-state index in [4.69, 9.17) is 0 Å². The van der Waals surface area contributed by atoms with Crippen molar-refractivity contribution in [1.29, 1.82) is 0 Å². The van der Waals surface area contributed by atoms with E-state index in [-0.39, 0.29) is 5.41 Å². The van der Waals surface area contributed by atoms with Crippen molar-refractivity contribution >= 4 is 0 Å². The summed E-state index contributed by atoms with van der Waals surface area (Å²) >= 11 is 0. The summed E-state index contributed by atoms with van der Waals surface area (Å²) in [7, 11) is 1.98. The summed E-state index contributed by atoms with van der Waals surface area (Å²) in [5.74, 6) is 1.07. The third-order valence-corrected chi connectivity index (χ3v) is 2.43. The molecule has 1 aromatic heterocycles. The topological polar surface area (TPSA) is 42.7 Å². The molecule has 1 N–H and O–H groups in total. The minimum Gasteiger partial charge on any atom is -0.319 e. The normalized spacial score (nSPS) is 12.4. The van der Waals surface area contributed by atoms with Gasteiger partial charge in [-0.2, -0.15) is 5.10 Å². The highest BCUT2D eigenvalue weighted by Gasteiger charge is 2.21. The second-order valence-corrected chi connectivity index (χ2v) is 5.09. The quantitative estimate of drug-likeness (QED) is 0.803. The molecular formula is C11H22N4. The van der Waals surface area contributed by atoms with Crippen LogP contribution < -0.4 is 5.32 Å². The summed E-state index contributed by atoms with van der Waals surface area (Å²) in [4.78, 5) is 4.33. The summed E-state index contributed by atoms with van der Waals surface area (Å²) < 4.78 is 2.00. The molecule has 0 radical (unpaired) electrons. The second kappa shape index (κ2) is 4.75. The van der Waals surface area contributed by atoms with Crippen molar-refractivity contribution in [3.63, 3.8) is 0 Å². The minimum atomic E-state index is 0.217. The van der Waals surface area contributed by atoms with Crippen molar-refractivity contribution < 1.29 is 0 Å². The average molecular weight is 210 g/mol. The number of nitrogens with zero attached hydrogens (tertiary/aromatic N) is 3. The Morgan fingerprint density at radius 3 is 2.67 bits per heavy atom. The van der Waals surface area contributed by atoms with Crippen molar-refractivity contribution in [2.24, 2.45) is 5.41 Å². The van der Waals surface area contributed by atoms with Crippen LogP contribution in [-0.4, -0.2) is 28.4 Å². The van der Waals surface area contributed by atoms with Crippen LogP contribution in [0, 0.1) is 5.41 Å². The Morgan fingerprint density at radius 1 is 1.47 bits per heavy atom. The SMILES string of the molecule is CNCC(C)(C)Cc1ncnn1C(C)C. The van der Waals surface area contributed by atoms with Gasteiger partial charge < -0.3 is 5.32 Å². The highest BCUT2D eigenvalue weighted by molar-refractivity contribution is 4.92. The van der Waals surface area contributed by atoms with E-state index in [0.29, 0.717) is 6.04 Å². The molecule has 0 spiro atoms. The molecule has 0 amide bonds. The zero-order valence-electron chi connectivity index (χ0n) is 10.4. The molecular weight excluding hydrogens is 188 g/mol. The lowest BCUT2D eigenvalue weighted by Crippen LogP contribution is -2.30. The van der Waals surface area contributed by atoms with Crippen molar-refractivity contribution in [2.75, 3.05) is 13.6 Å². The number of hydrogen-bond acceptors (Lipinski definition) is 3. The van der Waals surface area contributed by atoms with Crippen LogP contribution in [0.15, 0.2) is 6.33 Å². The number of aromatic nitrogens is 3. The lowest BCUT2D eigenvalue weighted by molar-refractivity contribution is 0.330. The van der Waals surface area contributed by atoms with Gasteiger partial charge in [0.2, 0.25) is 0 Å². The van der Waals surface area contributed by atoms with E-state index in [1.807, 2.05) is 11.7 Å². The number of rotatable bonds is 5. The molecule has 0 aromatic carbocycles. The molecule has 0 fully saturated rings. The molecule has 0 bridgehead atoms. The first-order valence-electron chi connectivity index (χ1n) is 5.49. The molecule has 0 aliphatic carbocycles. The molecule has 1 rings (SSSR count). The maximum absolute atomic E-state index is 4.33. The predicted octanol–water partition coefficient (Wildman–Crippen LogP) is 1.65. The van der Waals surface area contributed by atoms with E-state index in [0.717, 1.165) is 18.8 Å². The average Bonchev–Trinajstić information content (AvgIpc) is 2.50. The predicted molar refractivity (Wildman–Crippen MR) is 61.8 cm³/mol. The fourth-order valence-electron chi connectivity index (χ4n) is 1.80. The van der Waals surface area contributed by atoms with E-state index in [1.54, 1.807) is 6.33 Å².